The summed E-state index contributed by atoms with van der Waals surface area (Å²) in [4.78, 5) is 2.27. The van der Waals surface area contributed by atoms with Gasteiger partial charge in [0.25, 0.3) is 0 Å². The minimum absolute atomic E-state index is 0.178. The van der Waals surface area contributed by atoms with Gasteiger partial charge in [0.15, 0.2) is 0 Å². The van der Waals surface area contributed by atoms with E-state index in [1.165, 1.54) is 0 Å². The van der Waals surface area contributed by atoms with Crippen molar-refractivity contribution in [3.8, 4) is 0 Å². The smallest absolute Gasteiger partial charge is 0.0764 e. The zero-order chi connectivity index (χ0) is 10.8. The van der Waals surface area contributed by atoms with E-state index in [4.69, 9.17) is 0 Å². The van der Waals surface area contributed by atoms with E-state index in [0.29, 0.717) is 5.92 Å². The van der Waals surface area contributed by atoms with E-state index in [9.17, 15) is 5.11 Å². The molecule has 0 spiro atoms. The Bertz CT molecular complexity index is 323. The van der Waals surface area contributed by atoms with E-state index in [2.05, 4.69) is 16.9 Å². The quantitative estimate of drug-likeness (QED) is 0.776. The van der Waals surface area contributed by atoms with Crippen molar-refractivity contribution < 1.29 is 5.11 Å². The van der Waals surface area contributed by atoms with Crippen molar-refractivity contribution in [2.45, 2.75) is 26.0 Å². The first kappa shape index (κ1) is 10.6. The number of hydrogen-bond acceptors (Lipinski definition) is 3. The molecule has 1 aromatic rings. The van der Waals surface area contributed by atoms with Gasteiger partial charge in [-0.05, 0) is 24.9 Å². The van der Waals surface area contributed by atoms with Gasteiger partial charge in [-0.15, -0.1) is 0 Å². The molecule has 2 unspecified atom stereocenters. The fraction of sp³-hybridized carbons (Fsp3) is 0.727. The lowest BCUT2D eigenvalue weighted by molar-refractivity contribution is 0.0254. The highest BCUT2D eigenvalue weighted by Gasteiger charge is 2.24. The Labute approximate surface area is 90.5 Å². The van der Waals surface area contributed by atoms with E-state index in [-0.39, 0.29) is 6.10 Å². The monoisotopic (exact) mass is 209 g/mol. The normalized spacial score (nSPS) is 28.2. The first-order chi connectivity index (χ1) is 7.15. The number of aromatic nitrogens is 2. The van der Waals surface area contributed by atoms with Gasteiger partial charge in [-0.2, -0.15) is 5.10 Å². The van der Waals surface area contributed by atoms with Crippen LogP contribution < -0.4 is 0 Å². The predicted molar refractivity (Wildman–Crippen MR) is 58.3 cm³/mol. The third kappa shape index (κ3) is 2.58. The van der Waals surface area contributed by atoms with Gasteiger partial charge in [-0.3, -0.25) is 9.58 Å². The van der Waals surface area contributed by atoms with E-state index in [1.807, 2.05) is 24.0 Å². The second-order valence-corrected chi connectivity index (χ2v) is 4.55. The second kappa shape index (κ2) is 4.33. The molecule has 0 amide bonds. The largest absolute Gasteiger partial charge is 0.392 e. The fourth-order valence-electron chi connectivity index (χ4n) is 2.03. The van der Waals surface area contributed by atoms with Crippen LogP contribution in [0, 0.1) is 5.92 Å². The van der Waals surface area contributed by atoms with Gasteiger partial charge in [-0.1, -0.05) is 6.92 Å². The number of β-amino-alcohol motifs (C(OH)–C–C–N with tert-alkyl or cyclic N) is 1. The van der Waals surface area contributed by atoms with Crippen LogP contribution in [0.5, 0.6) is 0 Å². The average molecular weight is 209 g/mol. The number of aliphatic hydroxyl groups is 1. The minimum Gasteiger partial charge on any atom is -0.392 e. The van der Waals surface area contributed by atoms with Gasteiger partial charge in [0.2, 0.25) is 0 Å². The summed E-state index contributed by atoms with van der Waals surface area (Å²) in [6.45, 7) is 4.81. The molecule has 2 heterocycles. The summed E-state index contributed by atoms with van der Waals surface area (Å²) in [5, 5.41) is 14.1. The van der Waals surface area contributed by atoms with Crippen LogP contribution >= 0.6 is 0 Å². The summed E-state index contributed by atoms with van der Waals surface area (Å²) in [5.41, 5.74) is 1.08. The molecule has 0 aliphatic carbocycles. The Morgan fingerprint density at radius 2 is 2.40 bits per heavy atom. The molecule has 4 nitrogen and oxygen atoms in total. The lowest BCUT2D eigenvalue weighted by atomic mass is 9.96. The van der Waals surface area contributed by atoms with Crippen LogP contribution in [0.2, 0.25) is 0 Å². The highest BCUT2D eigenvalue weighted by molar-refractivity contribution is 4.99. The summed E-state index contributed by atoms with van der Waals surface area (Å²) in [6, 6.07) is 2.03. The van der Waals surface area contributed by atoms with Crippen molar-refractivity contribution in [1.29, 1.82) is 0 Å². The van der Waals surface area contributed by atoms with E-state index in [1.54, 1.807) is 0 Å². The van der Waals surface area contributed by atoms with Gasteiger partial charge in [0.1, 0.15) is 0 Å². The molecule has 0 radical (unpaired) electrons. The molecular formula is C11H19N3O. The third-order valence-electron chi connectivity index (χ3n) is 3.16. The molecule has 2 atom stereocenters. The van der Waals surface area contributed by atoms with Crippen molar-refractivity contribution in [2.24, 2.45) is 13.0 Å². The number of piperidine rings is 1. The molecule has 1 aromatic heterocycles. The van der Waals surface area contributed by atoms with Gasteiger partial charge in [0.05, 0.1) is 11.8 Å². The molecule has 1 aliphatic rings. The number of hydrogen-bond donors (Lipinski definition) is 1. The second-order valence-electron chi connectivity index (χ2n) is 4.55. The predicted octanol–water partition coefficient (Wildman–Crippen LogP) is 0.623. The third-order valence-corrected chi connectivity index (χ3v) is 3.16. The lowest BCUT2D eigenvalue weighted by Crippen LogP contribution is -2.42. The van der Waals surface area contributed by atoms with E-state index >= 15 is 0 Å². The maximum absolute atomic E-state index is 9.76. The highest BCUT2D eigenvalue weighted by atomic mass is 16.3. The van der Waals surface area contributed by atoms with Crippen molar-refractivity contribution in [3.63, 3.8) is 0 Å². The summed E-state index contributed by atoms with van der Waals surface area (Å²) < 4.78 is 1.82. The Morgan fingerprint density at radius 1 is 1.60 bits per heavy atom. The Kier molecular flexibility index (Phi) is 3.07. The van der Waals surface area contributed by atoms with Crippen molar-refractivity contribution >= 4 is 0 Å². The molecule has 15 heavy (non-hydrogen) atoms. The minimum atomic E-state index is -0.178. The molecule has 4 heteroatoms. The maximum Gasteiger partial charge on any atom is 0.0764 e. The summed E-state index contributed by atoms with van der Waals surface area (Å²) in [5.74, 6) is 0.435. The highest BCUT2D eigenvalue weighted by Crippen LogP contribution is 2.18. The lowest BCUT2D eigenvalue weighted by Gasteiger charge is -2.33. The van der Waals surface area contributed by atoms with Crippen LogP contribution in [-0.2, 0) is 13.6 Å². The van der Waals surface area contributed by atoms with Crippen molar-refractivity contribution in [2.75, 3.05) is 13.1 Å². The molecule has 0 bridgehead atoms. The number of aryl methyl sites for hydroxylation is 1. The van der Waals surface area contributed by atoms with Crippen LogP contribution in [0.25, 0.3) is 0 Å². The maximum atomic E-state index is 9.76. The Hall–Kier alpha value is -0.870. The molecule has 1 aliphatic heterocycles. The van der Waals surface area contributed by atoms with Crippen LogP contribution in [0.3, 0.4) is 0 Å². The molecule has 1 N–H and O–H groups in total. The molecule has 1 fully saturated rings. The van der Waals surface area contributed by atoms with Gasteiger partial charge < -0.3 is 5.11 Å². The fourth-order valence-corrected chi connectivity index (χ4v) is 2.03. The zero-order valence-corrected chi connectivity index (χ0v) is 9.43. The first-order valence-corrected chi connectivity index (χ1v) is 5.54. The summed E-state index contributed by atoms with van der Waals surface area (Å²) in [6.07, 6.45) is 2.86. The number of aliphatic hydroxyl groups excluding tert-OH is 1. The van der Waals surface area contributed by atoms with Gasteiger partial charge in [0, 0.05) is 26.3 Å². The molecule has 84 valence electrons. The van der Waals surface area contributed by atoms with Crippen LogP contribution in [0.15, 0.2) is 12.3 Å². The molecule has 1 saturated heterocycles. The zero-order valence-electron chi connectivity index (χ0n) is 9.43. The Morgan fingerprint density at radius 3 is 3.00 bits per heavy atom. The number of rotatable bonds is 2. The van der Waals surface area contributed by atoms with Crippen LogP contribution in [0.1, 0.15) is 19.0 Å². The average Bonchev–Trinajstić information content (AvgIpc) is 2.58. The molecule has 0 saturated carbocycles. The van der Waals surface area contributed by atoms with Crippen molar-refractivity contribution in [3.05, 3.63) is 18.0 Å². The Balaban J connectivity index is 1.90. The van der Waals surface area contributed by atoms with E-state index in [0.717, 1.165) is 31.7 Å². The molecular weight excluding hydrogens is 190 g/mol. The van der Waals surface area contributed by atoms with Gasteiger partial charge in [-0.25, -0.2) is 0 Å². The SMILES string of the molecule is CC1CCN(Cc2ccn(C)n2)CC1O. The first-order valence-electron chi connectivity index (χ1n) is 5.54. The standard InChI is InChI=1S/C11H19N3O/c1-9-3-6-14(8-11(9)15)7-10-4-5-13(2)12-10/h4-5,9,11,15H,3,6-8H2,1-2H3. The van der Waals surface area contributed by atoms with E-state index < -0.39 is 0 Å². The van der Waals surface area contributed by atoms with Gasteiger partial charge >= 0.3 is 0 Å². The van der Waals surface area contributed by atoms with Crippen LogP contribution in [0.4, 0.5) is 0 Å². The van der Waals surface area contributed by atoms with Crippen LogP contribution in [-0.4, -0.2) is 39.0 Å². The molecule has 2 rings (SSSR count). The topological polar surface area (TPSA) is 41.3 Å². The number of nitrogens with zero attached hydrogens (tertiary/aromatic N) is 3. The van der Waals surface area contributed by atoms with Crippen molar-refractivity contribution in [1.82, 2.24) is 14.7 Å². The summed E-state index contributed by atoms with van der Waals surface area (Å²) >= 11 is 0. The molecule has 0 aromatic carbocycles. The number of likely N-dealkylation sites (tertiary alicyclic amines) is 1. The summed E-state index contributed by atoms with van der Waals surface area (Å²) in [7, 11) is 1.93.